The van der Waals surface area contributed by atoms with Gasteiger partial charge in [-0.05, 0) is 28.1 Å². The molecule has 0 saturated heterocycles. The lowest BCUT2D eigenvalue weighted by molar-refractivity contribution is -0.180. The fraction of sp³-hybridized carbons (Fsp3) is 0.381. The van der Waals surface area contributed by atoms with Gasteiger partial charge in [0.05, 0.1) is 17.7 Å². The Morgan fingerprint density at radius 1 is 0.893 bits per heavy atom. The van der Waals surface area contributed by atoms with Crippen LogP contribution in [0.3, 0.4) is 0 Å². The summed E-state index contributed by atoms with van der Waals surface area (Å²) in [5.41, 5.74) is 2.05. The Balaban J connectivity index is 0.000000162. The minimum Gasteiger partial charge on any atom is -0.478 e. The SMILES string of the molecule is CC1(C)OCc2cccc(Br)c2O1.CC1(C)OCc2cccc(C(=O)O)c2O1. The van der Waals surface area contributed by atoms with Crippen LogP contribution in [0.4, 0.5) is 0 Å². The van der Waals surface area contributed by atoms with Gasteiger partial charge in [-0.25, -0.2) is 4.79 Å². The number of carboxylic acid groups (broad SMARTS) is 1. The second-order valence-corrected chi connectivity index (χ2v) is 8.26. The van der Waals surface area contributed by atoms with Gasteiger partial charge in [0.15, 0.2) is 0 Å². The predicted molar refractivity (Wildman–Crippen MR) is 107 cm³/mol. The highest BCUT2D eigenvalue weighted by Gasteiger charge is 2.30. The highest BCUT2D eigenvalue weighted by atomic mass is 79.9. The van der Waals surface area contributed by atoms with Gasteiger partial charge < -0.3 is 24.1 Å². The number of carboxylic acids is 1. The minimum absolute atomic E-state index is 0.184. The van der Waals surface area contributed by atoms with Gasteiger partial charge in [0, 0.05) is 38.8 Å². The third-order valence-corrected chi connectivity index (χ3v) is 4.85. The summed E-state index contributed by atoms with van der Waals surface area (Å²) in [4.78, 5) is 11.0. The van der Waals surface area contributed by atoms with Gasteiger partial charge in [0.2, 0.25) is 11.6 Å². The van der Waals surface area contributed by atoms with Gasteiger partial charge in [-0.3, -0.25) is 0 Å². The first-order chi connectivity index (χ1) is 13.1. The zero-order chi connectivity index (χ0) is 20.5. The van der Waals surface area contributed by atoms with E-state index in [9.17, 15) is 4.79 Å². The van der Waals surface area contributed by atoms with Crippen molar-refractivity contribution in [2.45, 2.75) is 52.5 Å². The molecule has 6 nitrogen and oxygen atoms in total. The molecular weight excluding hydrogens is 428 g/mol. The Morgan fingerprint density at radius 2 is 1.39 bits per heavy atom. The summed E-state index contributed by atoms with van der Waals surface area (Å²) < 4.78 is 23.1. The summed E-state index contributed by atoms with van der Waals surface area (Å²) in [6.45, 7) is 8.33. The van der Waals surface area contributed by atoms with Crippen molar-refractivity contribution >= 4 is 21.9 Å². The summed E-state index contributed by atoms with van der Waals surface area (Å²) in [6.07, 6.45) is 0. The van der Waals surface area contributed by atoms with E-state index in [0.717, 1.165) is 21.3 Å². The molecule has 0 unspecified atom stereocenters. The van der Waals surface area contributed by atoms with E-state index in [1.165, 1.54) is 6.07 Å². The van der Waals surface area contributed by atoms with Crippen LogP contribution in [0.15, 0.2) is 40.9 Å². The maximum atomic E-state index is 11.0. The molecule has 2 heterocycles. The molecule has 0 aromatic heterocycles. The quantitative estimate of drug-likeness (QED) is 0.649. The Kier molecular flexibility index (Phi) is 5.70. The lowest BCUT2D eigenvalue weighted by Crippen LogP contribution is -2.36. The smallest absolute Gasteiger partial charge is 0.339 e. The van der Waals surface area contributed by atoms with Crippen molar-refractivity contribution in [2.75, 3.05) is 0 Å². The maximum absolute atomic E-state index is 11.0. The third-order valence-electron chi connectivity index (χ3n) is 4.22. The molecule has 2 aromatic rings. The van der Waals surface area contributed by atoms with Crippen LogP contribution in [0, 0.1) is 0 Å². The Labute approximate surface area is 172 Å². The number of halogens is 1. The summed E-state index contributed by atoms with van der Waals surface area (Å²) in [5, 5.41) is 8.99. The molecule has 0 bridgehead atoms. The first-order valence-electron chi connectivity index (χ1n) is 8.86. The average Bonchev–Trinajstić information content (AvgIpc) is 2.61. The standard InChI is InChI=1S/C11H12O4.C10H11BrO2/c1-11(2)14-6-7-4-3-5-8(10(12)13)9(7)15-11;1-10(2)12-6-7-4-3-5-8(11)9(7)13-10/h3-5H,6H2,1-2H3,(H,12,13);3-5H,6H2,1-2H3. The summed E-state index contributed by atoms with van der Waals surface area (Å²) in [7, 11) is 0. The van der Waals surface area contributed by atoms with E-state index in [-0.39, 0.29) is 5.56 Å². The highest BCUT2D eigenvalue weighted by Crippen LogP contribution is 2.37. The minimum atomic E-state index is -0.982. The van der Waals surface area contributed by atoms with Crippen molar-refractivity contribution in [3.8, 4) is 11.5 Å². The summed E-state index contributed by atoms with van der Waals surface area (Å²) >= 11 is 3.45. The van der Waals surface area contributed by atoms with Crippen LogP contribution >= 0.6 is 15.9 Å². The molecule has 0 radical (unpaired) electrons. The molecule has 150 valence electrons. The number of hydrogen-bond acceptors (Lipinski definition) is 5. The van der Waals surface area contributed by atoms with Crippen molar-refractivity contribution in [3.63, 3.8) is 0 Å². The average molecular weight is 451 g/mol. The largest absolute Gasteiger partial charge is 0.478 e. The molecule has 0 atom stereocenters. The number of aromatic carboxylic acids is 1. The van der Waals surface area contributed by atoms with Crippen molar-refractivity contribution in [3.05, 3.63) is 57.6 Å². The lowest BCUT2D eigenvalue weighted by atomic mass is 10.1. The second-order valence-electron chi connectivity index (χ2n) is 7.41. The number of benzene rings is 2. The van der Waals surface area contributed by atoms with Crippen molar-refractivity contribution in [2.24, 2.45) is 0 Å². The van der Waals surface area contributed by atoms with Gasteiger partial charge in [0.1, 0.15) is 17.1 Å². The lowest BCUT2D eigenvalue weighted by Gasteiger charge is -2.33. The molecule has 1 N–H and O–H groups in total. The Morgan fingerprint density at radius 3 is 1.96 bits per heavy atom. The van der Waals surface area contributed by atoms with Crippen LogP contribution in [0.5, 0.6) is 11.5 Å². The number of ether oxygens (including phenoxy) is 4. The van der Waals surface area contributed by atoms with E-state index in [1.807, 2.05) is 32.0 Å². The Hall–Kier alpha value is -2.09. The van der Waals surface area contributed by atoms with Crippen molar-refractivity contribution in [1.29, 1.82) is 0 Å². The predicted octanol–water partition coefficient (Wildman–Crippen LogP) is 5.12. The molecule has 7 heteroatoms. The first kappa shape index (κ1) is 20.6. The van der Waals surface area contributed by atoms with Crippen LogP contribution in [0.2, 0.25) is 0 Å². The fourth-order valence-electron chi connectivity index (χ4n) is 2.82. The molecule has 0 fully saturated rings. The van der Waals surface area contributed by atoms with Crippen molar-refractivity contribution < 1.29 is 28.8 Å². The van der Waals surface area contributed by atoms with Gasteiger partial charge in [-0.2, -0.15) is 0 Å². The van der Waals surface area contributed by atoms with E-state index in [0.29, 0.717) is 19.0 Å². The molecule has 2 aromatic carbocycles. The number of para-hydroxylation sites is 2. The monoisotopic (exact) mass is 450 g/mol. The van der Waals surface area contributed by atoms with Crippen molar-refractivity contribution in [1.82, 2.24) is 0 Å². The Bertz CT molecular complexity index is 890. The molecule has 2 aliphatic rings. The fourth-order valence-corrected chi connectivity index (χ4v) is 3.31. The second kappa shape index (κ2) is 7.73. The van der Waals surface area contributed by atoms with E-state index < -0.39 is 17.5 Å². The topological polar surface area (TPSA) is 74.2 Å². The normalized spacial score (nSPS) is 18.3. The van der Waals surface area contributed by atoms with Crippen LogP contribution in [0.25, 0.3) is 0 Å². The zero-order valence-corrected chi connectivity index (χ0v) is 17.8. The number of fused-ring (bicyclic) bond motifs is 2. The van der Waals surface area contributed by atoms with E-state index in [2.05, 4.69) is 15.9 Å². The molecule has 0 spiro atoms. The summed E-state index contributed by atoms with van der Waals surface area (Å²) in [5.74, 6) is -0.945. The molecule has 4 rings (SSSR count). The maximum Gasteiger partial charge on any atom is 0.339 e. The molecule has 0 amide bonds. The van der Waals surface area contributed by atoms with E-state index >= 15 is 0 Å². The van der Waals surface area contributed by atoms with Crippen LogP contribution in [-0.4, -0.2) is 22.7 Å². The number of rotatable bonds is 1. The molecule has 2 aliphatic heterocycles. The van der Waals surface area contributed by atoms with Gasteiger partial charge in [-0.15, -0.1) is 0 Å². The highest BCUT2D eigenvalue weighted by molar-refractivity contribution is 9.10. The third kappa shape index (κ3) is 4.66. The number of hydrogen-bond donors (Lipinski definition) is 1. The summed E-state index contributed by atoms with van der Waals surface area (Å²) in [6, 6.07) is 11.0. The number of carbonyl (C=O) groups is 1. The molecule has 0 aliphatic carbocycles. The first-order valence-corrected chi connectivity index (χ1v) is 9.66. The van der Waals surface area contributed by atoms with Crippen LogP contribution in [0.1, 0.15) is 49.2 Å². The van der Waals surface area contributed by atoms with E-state index in [4.69, 9.17) is 24.1 Å². The molecular formula is C21H23BrO6. The van der Waals surface area contributed by atoms with Gasteiger partial charge in [0.25, 0.3) is 0 Å². The van der Waals surface area contributed by atoms with Crippen LogP contribution in [-0.2, 0) is 22.7 Å². The van der Waals surface area contributed by atoms with E-state index in [1.54, 1.807) is 26.0 Å². The molecule has 28 heavy (non-hydrogen) atoms. The van der Waals surface area contributed by atoms with Crippen LogP contribution < -0.4 is 9.47 Å². The van der Waals surface area contributed by atoms with Gasteiger partial charge >= 0.3 is 5.97 Å². The zero-order valence-electron chi connectivity index (χ0n) is 16.2. The van der Waals surface area contributed by atoms with Gasteiger partial charge in [-0.1, -0.05) is 24.3 Å². The molecule has 0 saturated carbocycles.